The number of rotatable bonds is 8. The fraction of sp³-hybridized carbons (Fsp3) is 0.250. The number of benzene rings is 3. The molecule has 3 aromatic carbocycles. The third-order valence-electron chi connectivity index (χ3n) is 7.41. The molecule has 5 nitrogen and oxygen atoms in total. The van der Waals surface area contributed by atoms with Crippen molar-refractivity contribution < 1.29 is 0 Å². The number of aryl methyl sites for hydroxylation is 1. The van der Waals surface area contributed by atoms with Crippen LogP contribution in [0.15, 0.2) is 97.3 Å². The Kier molecular flexibility index (Phi) is 6.95. The van der Waals surface area contributed by atoms with Gasteiger partial charge < -0.3 is 9.88 Å². The molecule has 1 fully saturated rings. The molecule has 0 amide bonds. The van der Waals surface area contributed by atoms with Crippen molar-refractivity contribution in [3.8, 4) is 22.4 Å². The number of hydrogen-bond donors (Lipinski definition) is 1. The van der Waals surface area contributed by atoms with Gasteiger partial charge in [-0.05, 0) is 54.6 Å². The number of piperazine rings is 1. The second-order valence-electron chi connectivity index (χ2n) is 9.78. The zero-order valence-corrected chi connectivity index (χ0v) is 21.2. The largest absolute Gasteiger partial charge is 0.354 e. The summed E-state index contributed by atoms with van der Waals surface area (Å²) < 4.78 is 0. The van der Waals surface area contributed by atoms with Gasteiger partial charge in [0.15, 0.2) is 0 Å². The highest BCUT2D eigenvalue weighted by Crippen LogP contribution is 2.40. The summed E-state index contributed by atoms with van der Waals surface area (Å²) in [5, 5.41) is 1.36. The van der Waals surface area contributed by atoms with Gasteiger partial charge in [-0.25, -0.2) is 9.97 Å². The SMILES string of the molecule is c1ccc(-c2[nH]c3cccc(CCCCN4CCN(c5ncccn5)CC4)c3c2-c2ccccc2)cc1. The molecule has 5 heteroatoms. The molecular formula is C32H33N5. The van der Waals surface area contributed by atoms with Crippen LogP contribution in [0.3, 0.4) is 0 Å². The molecule has 0 saturated carbocycles. The Morgan fingerprint density at radius 1 is 0.676 bits per heavy atom. The van der Waals surface area contributed by atoms with E-state index in [0.717, 1.165) is 45.1 Å². The highest BCUT2D eigenvalue weighted by molar-refractivity contribution is 6.05. The molecule has 5 aromatic rings. The molecule has 0 unspecified atom stereocenters. The zero-order chi connectivity index (χ0) is 24.9. The third kappa shape index (κ3) is 5.13. The Bertz CT molecular complexity index is 1420. The van der Waals surface area contributed by atoms with Crippen molar-refractivity contribution in [1.82, 2.24) is 19.9 Å². The molecule has 0 radical (unpaired) electrons. The molecule has 6 rings (SSSR count). The van der Waals surface area contributed by atoms with E-state index in [1.54, 1.807) is 0 Å². The van der Waals surface area contributed by atoms with Gasteiger partial charge in [-0.1, -0.05) is 72.8 Å². The summed E-state index contributed by atoms with van der Waals surface area (Å²) in [6, 6.07) is 30.1. The number of H-pyrrole nitrogens is 1. The first-order chi connectivity index (χ1) is 18.4. The molecule has 186 valence electrons. The Morgan fingerprint density at radius 3 is 2.11 bits per heavy atom. The molecule has 3 heterocycles. The summed E-state index contributed by atoms with van der Waals surface area (Å²) in [4.78, 5) is 17.4. The summed E-state index contributed by atoms with van der Waals surface area (Å²) >= 11 is 0. The highest BCUT2D eigenvalue weighted by Gasteiger charge is 2.19. The van der Waals surface area contributed by atoms with Crippen molar-refractivity contribution >= 4 is 16.9 Å². The van der Waals surface area contributed by atoms with Crippen LogP contribution in [0.5, 0.6) is 0 Å². The minimum absolute atomic E-state index is 0.853. The standard InChI is InChI=1S/C32H33N5/c1-3-11-26(12-4-1)30-29-25(16-9-17-28(29)35-31(30)27-14-5-2-6-15-27)13-7-8-20-36-21-23-37(24-22-36)32-33-18-10-19-34-32/h1-6,9-12,14-19,35H,7-8,13,20-24H2. The fourth-order valence-electron chi connectivity index (χ4n) is 5.52. The van der Waals surface area contributed by atoms with Crippen molar-refractivity contribution in [1.29, 1.82) is 0 Å². The topological polar surface area (TPSA) is 48.1 Å². The number of anilines is 1. The maximum atomic E-state index is 4.40. The monoisotopic (exact) mass is 487 g/mol. The van der Waals surface area contributed by atoms with E-state index in [0.29, 0.717) is 0 Å². The normalized spacial score (nSPS) is 14.3. The van der Waals surface area contributed by atoms with E-state index in [9.17, 15) is 0 Å². The minimum Gasteiger partial charge on any atom is -0.354 e. The Hall–Kier alpha value is -3.96. The van der Waals surface area contributed by atoms with Gasteiger partial charge in [0.25, 0.3) is 0 Å². The smallest absolute Gasteiger partial charge is 0.225 e. The average molecular weight is 488 g/mol. The van der Waals surface area contributed by atoms with Gasteiger partial charge in [-0.3, -0.25) is 4.90 Å². The number of aromatic nitrogens is 3. The summed E-state index contributed by atoms with van der Waals surface area (Å²) in [5.74, 6) is 0.853. The van der Waals surface area contributed by atoms with Crippen molar-refractivity contribution in [2.24, 2.45) is 0 Å². The molecule has 0 atom stereocenters. The van der Waals surface area contributed by atoms with Crippen LogP contribution >= 0.6 is 0 Å². The van der Waals surface area contributed by atoms with E-state index < -0.39 is 0 Å². The predicted molar refractivity (Wildman–Crippen MR) is 153 cm³/mol. The van der Waals surface area contributed by atoms with E-state index in [2.05, 4.69) is 104 Å². The molecule has 1 aliphatic heterocycles. The van der Waals surface area contributed by atoms with Crippen molar-refractivity contribution in [2.75, 3.05) is 37.6 Å². The van der Waals surface area contributed by atoms with Crippen molar-refractivity contribution in [3.63, 3.8) is 0 Å². The van der Waals surface area contributed by atoms with Crippen LogP contribution in [0.4, 0.5) is 5.95 Å². The third-order valence-corrected chi connectivity index (χ3v) is 7.41. The lowest BCUT2D eigenvalue weighted by Crippen LogP contribution is -2.47. The van der Waals surface area contributed by atoms with Gasteiger partial charge in [0.05, 0.1) is 5.69 Å². The van der Waals surface area contributed by atoms with E-state index in [1.165, 1.54) is 51.7 Å². The van der Waals surface area contributed by atoms with Crippen LogP contribution in [0.1, 0.15) is 18.4 Å². The summed E-state index contributed by atoms with van der Waals surface area (Å²) in [6.07, 6.45) is 7.12. The van der Waals surface area contributed by atoms with E-state index in [1.807, 2.05) is 18.5 Å². The second kappa shape index (κ2) is 11.0. The molecule has 2 aromatic heterocycles. The molecule has 0 spiro atoms. The predicted octanol–water partition coefficient (Wildman–Crippen LogP) is 6.44. The van der Waals surface area contributed by atoms with E-state index >= 15 is 0 Å². The Balaban J connectivity index is 1.16. The quantitative estimate of drug-likeness (QED) is 0.256. The molecular weight excluding hydrogens is 454 g/mol. The van der Waals surface area contributed by atoms with Crippen molar-refractivity contribution in [3.05, 3.63) is 103 Å². The summed E-state index contributed by atoms with van der Waals surface area (Å²) in [6.45, 7) is 5.28. The van der Waals surface area contributed by atoms with Gasteiger partial charge in [0.2, 0.25) is 5.95 Å². The number of nitrogens with zero attached hydrogens (tertiary/aromatic N) is 4. The van der Waals surface area contributed by atoms with Gasteiger partial charge in [0, 0.05) is 55.0 Å². The van der Waals surface area contributed by atoms with E-state index in [4.69, 9.17) is 0 Å². The van der Waals surface area contributed by atoms with Gasteiger partial charge in [-0.2, -0.15) is 0 Å². The lowest BCUT2D eigenvalue weighted by atomic mass is 9.94. The van der Waals surface area contributed by atoms with Crippen LogP contribution in [0.25, 0.3) is 33.3 Å². The van der Waals surface area contributed by atoms with Crippen molar-refractivity contribution in [2.45, 2.75) is 19.3 Å². The lowest BCUT2D eigenvalue weighted by molar-refractivity contribution is 0.252. The summed E-state index contributed by atoms with van der Waals surface area (Å²) in [5.41, 5.74) is 7.66. The maximum Gasteiger partial charge on any atom is 0.225 e. The van der Waals surface area contributed by atoms with Crippen LogP contribution in [0, 0.1) is 0 Å². The average Bonchev–Trinajstić information content (AvgIpc) is 3.38. The fourth-order valence-corrected chi connectivity index (χ4v) is 5.52. The van der Waals surface area contributed by atoms with Crippen LogP contribution in [-0.4, -0.2) is 52.6 Å². The summed E-state index contributed by atoms with van der Waals surface area (Å²) in [7, 11) is 0. The van der Waals surface area contributed by atoms with Crippen LogP contribution in [0.2, 0.25) is 0 Å². The number of hydrogen-bond acceptors (Lipinski definition) is 4. The first kappa shape index (κ1) is 23.4. The number of fused-ring (bicyclic) bond motifs is 1. The van der Waals surface area contributed by atoms with Crippen LogP contribution < -0.4 is 4.90 Å². The van der Waals surface area contributed by atoms with Crippen LogP contribution in [-0.2, 0) is 6.42 Å². The molecule has 37 heavy (non-hydrogen) atoms. The highest BCUT2D eigenvalue weighted by atomic mass is 15.3. The van der Waals surface area contributed by atoms with Gasteiger partial charge in [-0.15, -0.1) is 0 Å². The molecule has 1 aliphatic rings. The molecule has 0 aliphatic carbocycles. The number of unbranched alkanes of at least 4 members (excludes halogenated alkanes) is 1. The maximum absolute atomic E-state index is 4.40. The van der Waals surface area contributed by atoms with Gasteiger partial charge in [0.1, 0.15) is 0 Å². The second-order valence-corrected chi connectivity index (χ2v) is 9.78. The van der Waals surface area contributed by atoms with Gasteiger partial charge >= 0.3 is 0 Å². The number of aromatic amines is 1. The minimum atomic E-state index is 0.853. The Morgan fingerprint density at radius 2 is 1.38 bits per heavy atom. The Labute approximate surface area is 218 Å². The molecule has 0 bridgehead atoms. The first-order valence-electron chi connectivity index (χ1n) is 13.4. The molecule has 1 saturated heterocycles. The lowest BCUT2D eigenvalue weighted by Gasteiger charge is -2.34. The molecule has 1 N–H and O–H groups in total. The van der Waals surface area contributed by atoms with E-state index in [-0.39, 0.29) is 0 Å². The first-order valence-corrected chi connectivity index (χ1v) is 13.4. The number of nitrogens with one attached hydrogen (secondary N) is 1. The zero-order valence-electron chi connectivity index (χ0n) is 21.2.